The van der Waals surface area contributed by atoms with Crippen molar-refractivity contribution in [2.24, 2.45) is 0 Å². The van der Waals surface area contributed by atoms with E-state index >= 15 is 0 Å². The Bertz CT molecular complexity index is 669. The second-order valence-corrected chi connectivity index (χ2v) is 5.68. The van der Waals surface area contributed by atoms with E-state index in [1.54, 1.807) is 24.3 Å². The lowest BCUT2D eigenvalue weighted by molar-refractivity contribution is 0.0694. The third-order valence-corrected chi connectivity index (χ3v) is 3.90. The molecular weight excluding hydrogens is 300 g/mol. The van der Waals surface area contributed by atoms with Crippen LogP contribution in [-0.4, -0.2) is 17.0 Å². The predicted molar refractivity (Wildman–Crippen MR) is 78.3 cm³/mol. The van der Waals surface area contributed by atoms with Crippen molar-refractivity contribution in [3.05, 3.63) is 50.7 Å². The van der Waals surface area contributed by atoms with E-state index < -0.39 is 5.97 Å². The van der Waals surface area contributed by atoms with Gasteiger partial charge in [-0.05, 0) is 24.3 Å². The van der Waals surface area contributed by atoms with Gasteiger partial charge in [0.25, 0.3) is 5.91 Å². The predicted octanol–water partition coefficient (Wildman–Crippen LogP) is 2.61. The molecule has 104 valence electrons. The molecule has 1 aromatic heterocycles. The largest absolute Gasteiger partial charge is 0.478 e. The van der Waals surface area contributed by atoms with Gasteiger partial charge >= 0.3 is 5.97 Å². The second kappa shape index (κ2) is 5.94. The zero-order valence-electron chi connectivity index (χ0n) is 10.2. The number of carbonyl (C=O) groups excluding carboxylic acids is 1. The number of nitrogens with two attached hydrogens (primary N) is 1. The highest BCUT2D eigenvalue weighted by Gasteiger charge is 2.14. The van der Waals surface area contributed by atoms with Gasteiger partial charge in [-0.1, -0.05) is 17.7 Å². The van der Waals surface area contributed by atoms with Crippen LogP contribution in [0.2, 0.25) is 4.34 Å². The average Bonchev–Trinajstić information content (AvgIpc) is 2.83. The summed E-state index contributed by atoms with van der Waals surface area (Å²) in [5.41, 5.74) is 6.55. The van der Waals surface area contributed by atoms with Crippen molar-refractivity contribution in [2.45, 2.75) is 6.54 Å². The van der Waals surface area contributed by atoms with Gasteiger partial charge in [0.05, 0.1) is 14.8 Å². The smallest absolute Gasteiger partial charge is 0.336 e. The Morgan fingerprint density at radius 1 is 1.30 bits per heavy atom. The first-order valence-corrected chi connectivity index (χ1v) is 6.82. The van der Waals surface area contributed by atoms with Gasteiger partial charge < -0.3 is 16.2 Å². The molecule has 0 saturated heterocycles. The van der Waals surface area contributed by atoms with E-state index in [9.17, 15) is 9.59 Å². The quantitative estimate of drug-likeness (QED) is 0.757. The number of nitrogens with one attached hydrogen (secondary N) is 1. The van der Waals surface area contributed by atoms with Crippen LogP contribution in [0.1, 0.15) is 25.6 Å². The molecule has 0 aliphatic carbocycles. The number of carbonyl (C=O) groups is 2. The molecule has 4 N–H and O–H groups in total. The molecule has 0 fully saturated rings. The highest BCUT2D eigenvalue weighted by Crippen LogP contribution is 2.22. The molecule has 1 aromatic carbocycles. The van der Waals surface area contributed by atoms with Crippen molar-refractivity contribution in [2.75, 3.05) is 5.73 Å². The van der Waals surface area contributed by atoms with Crippen molar-refractivity contribution in [1.29, 1.82) is 0 Å². The topological polar surface area (TPSA) is 92.4 Å². The van der Waals surface area contributed by atoms with Crippen LogP contribution in [0.25, 0.3) is 0 Å². The fraction of sp³-hybridized carbons (Fsp3) is 0.0769. The molecule has 2 aromatic rings. The maximum absolute atomic E-state index is 11.9. The van der Waals surface area contributed by atoms with E-state index in [0.717, 1.165) is 11.3 Å². The van der Waals surface area contributed by atoms with Crippen LogP contribution >= 0.6 is 22.9 Å². The molecular formula is C13H11ClN2O3S. The summed E-state index contributed by atoms with van der Waals surface area (Å²) in [6.07, 6.45) is 0. The molecule has 20 heavy (non-hydrogen) atoms. The maximum atomic E-state index is 11.9. The highest BCUT2D eigenvalue weighted by atomic mass is 35.5. The van der Waals surface area contributed by atoms with Crippen molar-refractivity contribution in [3.8, 4) is 0 Å². The van der Waals surface area contributed by atoms with Crippen LogP contribution in [0.5, 0.6) is 0 Å². The summed E-state index contributed by atoms with van der Waals surface area (Å²) in [5, 5.41) is 11.7. The van der Waals surface area contributed by atoms with Gasteiger partial charge in [0, 0.05) is 17.8 Å². The number of carboxylic acids is 1. The number of thiophene rings is 1. The van der Waals surface area contributed by atoms with Gasteiger partial charge in [-0.2, -0.15) is 0 Å². The molecule has 0 unspecified atom stereocenters. The van der Waals surface area contributed by atoms with E-state index in [1.165, 1.54) is 6.07 Å². The molecule has 1 heterocycles. The zero-order valence-corrected chi connectivity index (χ0v) is 11.8. The molecule has 0 bridgehead atoms. The third kappa shape index (κ3) is 3.09. The normalized spacial score (nSPS) is 10.2. The standard InChI is InChI=1S/C13H11ClN2O3S/c14-11-5-4-10(20-11)12(17)16-6-8-7(13(18)19)2-1-3-9(8)15/h1-5H,6,15H2,(H,16,17)(H,18,19). The molecule has 5 nitrogen and oxygen atoms in total. The number of carboxylic acid groups (broad SMARTS) is 1. The van der Waals surface area contributed by atoms with E-state index in [4.69, 9.17) is 22.4 Å². The number of anilines is 1. The molecule has 0 aliphatic rings. The highest BCUT2D eigenvalue weighted by molar-refractivity contribution is 7.17. The van der Waals surface area contributed by atoms with Gasteiger partial charge in [-0.15, -0.1) is 11.3 Å². The molecule has 0 aliphatic heterocycles. The summed E-state index contributed by atoms with van der Waals surface area (Å²) < 4.78 is 0.514. The zero-order chi connectivity index (χ0) is 14.7. The van der Waals surface area contributed by atoms with Crippen LogP contribution in [0.15, 0.2) is 30.3 Å². The van der Waals surface area contributed by atoms with Gasteiger partial charge in [0.2, 0.25) is 0 Å². The lowest BCUT2D eigenvalue weighted by Gasteiger charge is -2.10. The summed E-state index contributed by atoms with van der Waals surface area (Å²) in [6, 6.07) is 7.83. The second-order valence-electron chi connectivity index (χ2n) is 3.96. The van der Waals surface area contributed by atoms with Crippen molar-refractivity contribution in [3.63, 3.8) is 0 Å². The number of amides is 1. The Morgan fingerprint density at radius 2 is 2.05 bits per heavy atom. The number of nitrogen functional groups attached to an aromatic ring is 1. The fourth-order valence-corrected chi connectivity index (χ4v) is 2.65. The van der Waals surface area contributed by atoms with E-state index in [-0.39, 0.29) is 18.0 Å². The monoisotopic (exact) mass is 310 g/mol. The summed E-state index contributed by atoms with van der Waals surface area (Å²) in [6.45, 7) is 0.0443. The van der Waals surface area contributed by atoms with Crippen LogP contribution < -0.4 is 11.1 Å². The summed E-state index contributed by atoms with van der Waals surface area (Å²) in [4.78, 5) is 23.4. The van der Waals surface area contributed by atoms with Gasteiger partial charge in [0.1, 0.15) is 0 Å². The first kappa shape index (κ1) is 14.4. The minimum atomic E-state index is -1.08. The molecule has 0 saturated carbocycles. The first-order chi connectivity index (χ1) is 9.49. The summed E-state index contributed by atoms with van der Waals surface area (Å²) in [7, 11) is 0. The van der Waals surface area contributed by atoms with Crippen LogP contribution in [0.4, 0.5) is 5.69 Å². The van der Waals surface area contributed by atoms with E-state index in [0.29, 0.717) is 20.5 Å². The van der Waals surface area contributed by atoms with Gasteiger partial charge in [0.15, 0.2) is 0 Å². The minimum absolute atomic E-state index is 0.0443. The number of benzene rings is 1. The maximum Gasteiger partial charge on any atom is 0.336 e. The van der Waals surface area contributed by atoms with Crippen molar-refractivity contribution >= 4 is 40.5 Å². The molecule has 0 radical (unpaired) electrons. The average molecular weight is 311 g/mol. The molecule has 7 heteroatoms. The van der Waals surface area contributed by atoms with Crippen LogP contribution in [0, 0.1) is 0 Å². The Hall–Kier alpha value is -2.05. The van der Waals surface area contributed by atoms with Gasteiger partial charge in [-0.3, -0.25) is 4.79 Å². The van der Waals surface area contributed by atoms with E-state index in [2.05, 4.69) is 5.32 Å². The Balaban J connectivity index is 2.15. The first-order valence-electron chi connectivity index (χ1n) is 5.63. The van der Waals surface area contributed by atoms with Crippen molar-refractivity contribution in [1.82, 2.24) is 5.32 Å². The number of aromatic carboxylic acids is 1. The molecule has 1 amide bonds. The molecule has 0 atom stereocenters. The summed E-state index contributed by atoms with van der Waals surface area (Å²) >= 11 is 6.91. The molecule has 2 rings (SSSR count). The number of hydrogen-bond donors (Lipinski definition) is 3. The molecule has 0 spiro atoms. The third-order valence-electron chi connectivity index (χ3n) is 2.67. The van der Waals surface area contributed by atoms with Crippen LogP contribution in [0.3, 0.4) is 0 Å². The number of halogens is 1. The van der Waals surface area contributed by atoms with Gasteiger partial charge in [-0.25, -0.2) is 4.79 Å². The Morgan fingerprint density at radius 3 is 2.65 bits per heavy atom. The number of hydrogen-bond acceptors (Lipinski definition) is 4. The lowest BCUT2D eigenvalue weighted by Crippen LogP contribution is -2.23. The Kier molecular flexibility index (Phi) is 4.26. The summed E-state index contributed by atoms with van der Waals surface area (Å²) in [5.74, 6) is -1.40. The van der Waals surface area contributed by atoms with Crippen molar-refractivity contribution < 1.29 is 14.7 Å². The SMILES string of the molecule is Nc1cccc(C(=O)O)c1CNC(=O)c1ccc(Cl)s1. The fourth-order valence-electron chi connectivity index (χ4n) is 1.69. The van der Waals surface area contributed by atoms with E-state index in [1.807, 2.05) is 0 Å². The van der Waals surface area contributed by atoms with Crippen LogP contribution in [-0.2, 0) is 6.54 Å². The lowest BCUT2D eigenvalue weighted by atomic mass is 10.1. The minimum Gasteiger partial charge on any atom is -0.478 e. The Labute approximate surface area is 124 Å². The number of rotatable bonds is 4.